The third kappa shape index (κ3) is 8.95. The maximum Gasteiger partial charge on any atom is 0.490 e. The molecule has 1 atom stereocenters. The molecule has 0 amide bonds. The lowest BCUT2D eigenvalue weighted by molar-refractivity contribution is -0.193. The Labute approximate surface area is 191 Å². The highest BCUT2D eigenvalue weighted by molar-refractivity contribution is 5.73. The molecule has 1 aromatic rings. The van der Waals surface area contributed by atoms with E-state index in [-0.39, 0.29) is 0 Å². The van der Waals surface area contributed by atoms with Crippen LogP contribution < -0.4 is 4.90 Å². The first-order valence-corrected chi connectivity index (χ1v) is 10.6. The number of carbonyl (C=O) groups is 2. The SMILES string of the molecule is O=C(O)C(F)(F)F.O=C(O)C(F)(F)F.c1cnc(N2CCCC3(CCN(CC4CC4)C3)C2)nc1. The smallest absolute Gasteiger partial charge is 0.475 e. The molecule has 1 aliphatic carbocycles. The summed E-state index contributed by atoms with van der Waals surface area (Å²) in [5, 5.41) is 14.2. The minimum Gasteiger partial charge on any atom is -0.475 e. The standard InChI is InChI=1S/C16H24N4.2C2HF3O2/c1-5-16(6-10-19(12-16)11-14-3-4-14)13-20(9-1)15-17-7-2-8-18-15;2*3-2(4,5)1(6)7/h2,7-8,14H,1,3-6,9-13H2;2*(H,6,7). The third-order valence-corrected chi connectivity index (χ3v) is 5.71. The van der Waals surface area contributed by atoms with Gasteiger partial charge in [0.15, 0.2) is 0 Å². The zero-order chi connectivity index (χ0) is 25.6. The molecule has 1 saturated carbocycles. The quantitative estimate of drug-likeness (QED) is 0.608. The monoisotopic (exact) mass is 500 g/mol. The van der Waals surface area contributed by atoms with Crippen LogP contribution in [0.3, 0.4) is 0 Å². The van der Waals surface area contributed by atoms with Crippen molar-refractivity contribution in [2.75, 3.05) is 37.6 Å². The van der Waals surface area contributed by atoms with Crippen LogP contribution in [0.4, 0.5) is 32.3 Å². The average molecular weight is 500 g/mol. The van der Waals surface area contributed by atoms with Crippen molar-refractivity contribution in [3.63, 3.8) is 0 Å². The fraction of sp³-hybridized carbons (Fsp3) is 0.700. The number of anilines is 1. The van der Waals surface area contributed by atoms with Gasteiger partial charge in [0, 0.05) is 44.0 Å². The number of hydrogen-bond acceptors (Lipinski definition) is 6. The van der Waals surface area contributed by atoms with Crippen molar-refractivity contribution < 1.29 is 46.1 Å². The van der Waals surface area contributed by atoms with Crippen LogP contribution in [0.1, 0.15) is 32.1 Å². The van der Waals surface area contributed by atoms with Gasteiger partial charge >= 0.3 is 24.3 Å². The summed E-state index contributed by atoms with van der Waals surface area (Å²) in [7, 11) is 0. The molecule has 4 rings (SSSR count). The Morgan fingerprint density at radius 1 is 0.941 bits per heavy atom. The highest BCUT2D eigenvalue weighted by atomic mass is 19.4. The van der Waals surface area contributed by atoms with E-state index in [0.29, 0.717) is 5.41 Å². The van der Waals surface area contributed by atoms with Gasteiger partial charge in [0.1, 0.15) is 0 Å². The molecule has 3 fully saturated rings. The van der Waals surface area contributed by atoms with Crippen molar-refractivity contribution in [1.82, 2.24) is 14.9 Å². The summed E-state index contributed by atoms with van der Waals surface area (Å²) in [6.45, 7) is 6.23. The van der Waals surface area contributed by atoms with Gasteiger partial charge in [-0.25, -0.2) is 19.6 Å². The van der Waals surface area contributed by atoms with Crippen LogP contribution in [-0.2, 0) is 9.59 Å². The van der Waals surface area contributed by atoms with Crippen molar-refractivity contribution in [3.05, 3.63) is 18.5 Å². The number of aromatic nitrogens is 2. The average Bonchev–Trinajstić information content (AvgIpc) is 3.49. The predicted octanol–water partition coefficient (Wildman–Crippen LogP) is 3.45. The second-order valence-electron chi connectivity index (χ2n) is 8.61. The van der Waals surface area contributed by atoms with Gasteiger partial charge in [0.2, 0.25) is 5.95 Å². The highest BCUT2D eigenvalue weighted by Crippen LogP contribution is 2.41. The van der Waals surface area contributed by atoms with Gasteiger partial charge in [-0.2, -0.15) is 26.3 Å². The predicted molar refractivity (Wildman–Crippen MR) is 107 cm³/mol. The number of halogens is 6. The Morgan fingerprint density at radius 3 is 1.94 bits per heavy atom. The molecular weight excluding hydrogens is 474 g/mol. The molecule has 0 aromatic carbocycles. The molecule has 34 heavy (non-hydrogen) atoms. The number of rotatable bonds is 3. The van der Waals surface area contributed by atoms with E-state index < -0.39 is 24.3 Å². The number of aliphatic carboxylic acids is 2. The summed E-state index contributed by atoms with van der Waals surface area (Å²) in [4.78, 5) is 31.8. The minimum atomic E-state index is -5.08. The van der Waals surface area contributed by atoms with E-state index in [0.717, 1.165) is 25.0 Å². The summed E-state index contributed by atoms with van der Waals surface area (Å²) >= 11 is 0. The van der Waals surface area contributed by atoms with E-state index in [9.17, 15) is 26.3 Å². The molecule has 2 N–H and O–H groups in total. The van der Waals surface area contributed by atoms with Gasteiger partial charge in [-0.3, -0.25) is 0 Å². The minimum absolute atomic E-state index is 0.506. The summed E-state index contributed by atoms with van der Waals surface area (Å²) in [5.41, 5.74) is 0.506. The Bertz CT molecular complexity index is 796. The number of carboxylic acids is 2. The fourth-order valence-electron chi connectivity index (χ4n) is 4.02. The first kappa shape index (κ1) is 27.6. The molecule has 0 bridgehead atoms. The second kappa shape index (κ2) is 11.2. The summed E-state index contributed by atoms with van der Waals surface area (Å²) in [5.74, 6) is -3.57. The molecule has 2 saturated heterocycles. The number of alkyl halides is 6. The van der Waals surface area contributed by atoms with Crippen LogP contribution in [0.25, 0.3) is 0 Å². The Hall–Kier alpha value is -2.64. The highest BCUT2D eigenvalue weighted by Gasteiger charge is 2.43. The van der Waals surface area contributed by atoms with E-state index in [1.165, 1.54) is 51.7 Å². The van der Waals surface area contributed by atoms with Crippen LogP contribution >= 0.6 is 0 Å². The lowest BCUT2D eigenvalue weighted by Crippen LogP contribution is -2.45. The van der Waals surface area contributed by atoms with E-state index in [2.05, 4.69) is 19.8 Å². The maximum atomic E-state index is 10.6. The zero-order valence-electron chi connectivity index (χ0n) is 18.1. The molecule has 8 nitrogen and oxygen atoms in total. The van der Waals surface area contributed by atoms with Crippen LogP contribution in [0.15, 0.2) is 18.5 Å². The van der Waals surface area contributed by atoms with E-state index in [4.69, 9.17) is 19.8 Å². The van der Waals surface area contributed by atoms with Crippen LogP contribution in [-0.4, -0.2) is 82.1 Å². The molecule has 1 spiro atoms. The molecule has 14 heteroatoms. The molecule has 3 aliphatic rings. The van der Waals surface area contributed by atoms with E-state index in [1.807, 2.05) is 18.5 Å². The molecule has 2 aliphatic heterocycles. The third-order valence-electron chi connectivity index (χ3n) is 5.71. The Balaban J connectivity index is 0.000000244. The van der Waals surface area contributed by atoms with Crippen molar-refractivity contribution >= 4 is 17.9 Å². The van der Waals surface area contributed by atoms with Crippen LogP contribution in [0.5, 0.6) is 0 Å². The van der Waals surface area contributed by atoms with Crippen LogP contribution in [0.2, 0.25) is 0 Å². The van der Waals surface area contributed by atoms with E-state index in [1.54, 1.807) is 0 Å². The normalized spacial score (nSPS) is 22.9. The van der Waals surface area contributed by atoms with E-state index >= 15 is 0 Å². The fourth-order valence-corrected chi connectivity index (χ4v) is 4.02. The maximum absolute atomic E-state index is 10.6. The number of hydrogen-bond donors (Lipinski definition) is 2. The van der Waals surface area contributed by atoms with Gasteiger partial charge < -0.3 is 20.0 Å². The zero-order valence-corrected chi connectivity index (χ0v) is 18.1. The van der Waals surface area contributed by atoms with Crippen molar-refractivity contribution in [1.29, 1.82) is 0 Å². The number of nitrogens with zero attached hydrogens (tertiary/aromatic N) is 4. The number of likely N-dealkylation sites (tertiary alicyclic amines) is 1. The Kier molecular flexibility index (Phi) is 9.08. The molecular formula is C20H26F6N4O4. The molecule has 192 valence electrons. The summed E-state index contributed by atoms with van der Waals surface area (Å²) in [6.07, 6.45) is 0.520. The van der Waals surface area contributed by atoms with Gasteiger partial charge in [0.05, 0.1) is 0 Å². The van der Waals surface area contributed by atoms with Crippen molar-refractivity contribution in [2.24, 2.45) is 11.3 Å². The molecule has 1 aromatic heterocycles. The lowest BCUT2D eigenvalue weighted by atomic mass is 9.79. The first-order chi connectivity index (χ1) is 15.7. The van der Waals surface area contributed by atoms with Gasteiger partial charge in [-0.05, 0) is 50.6 Å². The molecule has 1 unspecified atom stereocenters. The number of piperidine rings is 1. The lowest BCUT2D eigenvalue weighted by Gasteiger charge is -2.40. The second-order valence-corrected chi connectivity index (χ2v) is 8.61. The molecule has 0 radical (unpaired) electrons. The largest absolute Gasteiger partial charge is 0.490 e. The van der Waals surface area contributed by atoms with Gasteiger partial charge in [-0.1, -0.05) is 0 Å². The van der Waals surface area contributed by atoms with Crippen molar-refractivity contribution in [3.8, 4) is 0 Å². The Morgan fingerprint density at radius 2 is 1.47 bits per heavy atom. The summed E-state index contributed by atoms with van der Waals surface area (Å²) < 4.78 is 63.5. The van der Waals surface area contributed by atoms with Crippen LogP contribution in [0, 0.1) is 11.3 Å². The summed E-state index contributed by atoms with van der Waals surface area (Å²) in [6, 6.07) is 1.90. The van der Waals surface area contributed by atoms with Gasteiger partial charge in [-0.15, -0.1) is 0 Å². The topological polar surface area (TPSA) is 107 Å². The number of carboxylic acid groups (broad SMARTS) is 2. The molecule has 3 heterocycles. The first-order valence-electron chi connectivity index (χ1n) is 10.6. The van der Waals surface area contributed by atoms with Crippen molar-refractivity contribution in [2.45, 2.75) is 44.5 Å². The van der Waals surface area contributed by atoms with Gasteiger partial charge in [0.25, 0.3) is 0 Å².